The van der Waals surface area contributed by atoms with Crippen LogP contribution in [0.1, 0.15) is 46.1 Å². The lowest BCUT2D eigenvalue weighted by molar-refractivity contribution is -0.141. The molecule has 1 N–H and O–H groups in total. The van der Waals surface area contributed by atoms with E-state index in [1.807, 2.05) is 20.8 Å². The molecule has 0 aliphatic heterocycles. The third kappa shape index (κ3) is 7.92. The maximum atomic E-state index is 13.3. The summed E-state index contributed by atoms with van der Waals surface area (Å²) in [7, 11) is -2.18. The van der Waals surface area contributed by atoms with Crippen LogP contribution in [0.5, 0.6) is 0 Å². The topological polar surface area (TPSA) is 86.8 Å². The highest BCUT2D eigenvalue weighted by atomic mass is 32.2. The molecule has 0 radical (unpaired) electrons. The van der Waals surface area contributed by atoms with E-state index in [0.29, 0.717) is 5.56 Å². The summed E-state index contributed by atoms with van der Waals surface area (Å²) >= 11 is 0. The van der Waals surface area contributed by atoms with Crippen LogP contribution in [-0.4, -0.2) is 54.6 Å². The summed E-state index contributed by atoms with van der Waals surface area (Å²) < 4.78 is 39.9. The highest BCUT2D eigenvalue weighted by molar-refractivity contribution is 7.89. The Morgan fingerprint density at radius 1 is 1.03 bits per heavy atom. The van der Waals surface area contributed by atoms with Crippen LogP contribution >= 0.6 is 0 Å². The molecule has 0 aromatic heterocycles. The number of nitrogens with zero attached hydrogens (tertiary/aromatic N) is 2. The molecular weight excluding hydrogens is 457 g/mol. The van der Waals surface area contributed by atoms with Crippen LogP contribution in [-0.2, 0) is 26.2 Å². The van der Waals surface area contributed by atoms with Gasteiger partial charge in [-0.3, -0.25) is 9.59 Å². The van der Waals surface area contributed by atoms with Crippen LogP contribution in [0.2, 0.25) is 0 Å². The van der Waals surface area contributed by atoms with Crippen molar-refractivity contribution in [1.82, 2.24) is 14.5 Å². The first-order valence-electron chi connectivity index (χ1n) is 11.2. The van der Waals surface area contributed by atoms with E-state index >= 15 is 0 Å². The highest BCUT2D eigenvalue weighted by Gasteiger charge is 2.28. The molecule has 2 rings (SSSR count). The van der Waals surface area contributed by atoms with Crippen molar-refractivity contribution in [3.8, 4) is 0 Å². The Bertz CT molecular complexity index is 1070. The summed E-state index contributed by atoms with van der Waals surface area (Å²) in [6.45, 7) is 7.49. The van der Waals surface area contributed by atoms with Crippen LogP contribution in [0.15, 0.2) is 59.5 Å². The number of hydrogen-bond acceptors (Lipinski definition) is 4. The summed E-state index contributed by atoms with van der Waals surface area (Å²) in [5, 5.41) is 2.88. The molecule has 0 bridgehead atoms. The Labute approximate surface area is 202 Å². The van der Waals surface area contributed by atoms with Crippen LogP contribution in [0.4, 0.5) is 4.39 Å². The van der Waals surface area contributed by atoms with E-state index < -0.39 is 21.6 Å². The van der Waals surface area contributed by atoms with E-state index in [1.54, 1.807) is 37.3 Å². The predicted molar refractivity (Wildman–Crippen MR) is 130 cm³/mol. The van der Waals surface area contributed by atoms with Gasteiger partial charge in [0.05, 0.1) is 4.90 Å². The van der Waals surface area contributed by atoms with Gasteiger partial charge in [-0.05, 0) is 63.9 Å². The van der Waals surface area contributed by atoms with Gasteiger partial charge >= 0.3 is 0 Å². The molecule has 0 heterocycles. The monoisotopic (exact) mass is 491 g/mol. The lowest BCUT2D eigenvalue weighted by Gasteiger charge is -2.31. The number of hydrogen-bond donors (Lipinski definition) is 1. The predicted octanol–water partition coefficient (Wildman–Crippen LogP) is 3.56. The van der Waals surface area contributed by atoms with Crippen LogP contribution in [0.3, 0.4) is 0 Å². The zero-order valence-electron chi connectivity index (χ0n) is 20.4. The number of benzene rings is 2. The van der Waals surface area contributed by atoms with Crippen molar-refractivity contribution >= 4 is 21.8 Å². The van der Waals surface area contributed by atoms with Crippen molar-refractivity contribution in [3.05, 3.63) is 66.0 Å². The third-order valence-corrected chi connectivity index (χ3v) is 7.12. The Kier molecular flexibility index (Phi) is 9.35. The highest BCUT2D eigenvalue weighted by Crippen LogP contribution is 2.16. The molecule has 2 amide bonds. The fourth-order valence-electron chi connectivity index (χ4n) is 3.33. The molecule has 0 aliphatic rings. The summed E-state index contributed by atoms with van der Waals surface area (Å²) in [6.07, 6.45) is 0.345. The SMILES string of the molecule is CC(C(=O)NC(C)(C)C)N(Cc1ccc(F)cc1)C(=O)CCCN(C)S(=O)(=O)c1ccccc1. The number of halogens is 1. The van der Waals surface area contributed by atoms with Crippen molar-refractivity contribution in [2.45, 2.75) is 63.6 Å². The normalized spacial score (nSPS) is 12.9. The standard InChI is InChI=1S/C25H34FN3O4S/c1-19(24(31)27-25(2,3)4)29(18-20-13-15-21(26)16-14-20)23(30)12-9-17-28(5)34(32,33)22-10-7-6-8-11-22/h6-8,10-11,13-16,19H,9,12,17-18H2,1-5H3,(H,27,31). The van der Waals surface area contributed by atoms with E-state index in [9.17, 15) is 22.4 Å². The van der Waals surface area contributed by atoms with Gasteiger partial charge in [-0.1, -0.05) is 30.3 Å². The molecule has 2 aromatic rings. The number of carbonyl (C=O) groups excluding carboxylic acids is 2. The van der Waals surface area contributed by atoms with Crippen molar-refractivity contribution in [3.63, 3.8) is 0 Å². The van der Waals surface area contributed by atoms with E-state index in [4.69, 9.17) is 0 Å². The van der Waals surface area contributed by atoms with Crippen molar-refractivity contribution in [2.75, 3.05) is 13.6 Å². The van der Waals surface area contributed by atoms with Crippen molar-refractivity contribution in [2.24, 2.45) is 0 Å². The maximum absolute atomic E-state index is 13.3. The fourth-order valence-corrected chi connectivity index (χ4v) is 4.56. The second-order valence-electron chi connectivity index (χ2n) is 9.31. The minimum Gasteiger partial charge on any atom is -0.350 e. The van der Waals surface area contributed by atoms with Crippen molar-refractivity contribution in [1.29, 1.82) is 0 Å². The number of carbonyl (C=O) groups is 2. The molecule has 1 atom stereocenters. The quantitative estimate of drug-likeness (QED) is 0.551. The van der Waals surface area contributed by atoms with Crippen molar-refractivity contribution < 1.29 is 22.4 Å². The van der Waals surface area contributed by atoms with Gasteiger partial charge in [0, 0.05) is 32.1 Å². The van der Waals surface area contributed by atoms with E-state index in [-0.39, 0.29) is 48.5 Å². The molecule has 0 fully saturated rings. The molecule has 0 saturated heterocycles. The second kappa shape index (κ2) is 11.6. The molecule has 0 aliphatic carbocycles. The third-order valence-electron chi connectivity index (χ3n) is 5.25. The first-order valence-corrected chi connectivity index (χ1v) is 12.6. The summed E-state index contributed by atoms with van der Waals surface area (Å²) in [6, 6.07) is 13.1. The first-order chi connectivity index (χ1) is 15.8. The van der Waals surface area contributed by atoms with Gasteiger partial charge in [-0.2, -0.15) is 0 Å². The Balaban J connectivity index is 2.09. The zero-order chi connectivity index (χ0) is 25.5. The molecular formula is C25H34FN3O4S. The molecule has 1 unspecified atom stereocenters. The molecule has 7 nitrogen and oxygen atoms in total. The number of nitrogens with one attached hydrogen (secondary N) is 1. The number of rotatable bonds is 10. The summed E-state index contributed by atoms with van der Waals surface area (Å²) in [4.78, 5) is 27.5. The van der Waals surface area contributed by atoms with Gasteiger partial charge in [-0.15, -0.1) is 0 Å². The summed E-state index contributed by atoms with van der Waals surface area (Å²) in [5.41, 5.74) is 0.221. The van der Waals surface area contributed by atoms with Gasteiger partial charge in [-0.25, -0.2) is 17.1 Å². The molecule has 2 aromatic carbocycles. The molecule has 0 spiro atoms. The van der Waals surface area contributed by atoms with Gasteiger partial charge < -0.3 is 10.2 Å². The molecule has 186 valence electrons. The largest absolute Gasteiger partial charge is 0.350 e. The van der Waals surface area contributed by atoms with Gasteiger partial charge in [0.1, 0.15) is 11.9 Å². The molecule has 9 heteroatoms. The minimum atomic E-state index is -3.65. The Hall–Kier alpha value is -2.78. The van der Waals surface area contributed by atoms with Gasteiger partial charge in [0.25, 0.3) is 0 Å². The van der Waals surface area contributed by atoms with Gasteiger partial charge in [0.15, 0.2) is 0 Å². The second-order valence-corrected chi connectivity index (χ2v) is 11.4. The molecule has 34 heavy (non-hydrogen) atoms. The van der Waals surface area contributed by atoms with Crippen LogP contribution < -0.4 is 5.32 Å². The Morgan fingerprint density at radius 3 is 2.18 bits per heavy atom. The van der Waals surface area contributed by atoms with Gasteiger partial charge in [0.2, 0.25) is 21.8 Å². The number of sulfonamides is 1. The first kappa shape index (κ1) is 27.5. The number of amides is 2. The summed E-state index contributed by atoms with van der Waals surface area (Å²) in [5.74, 6) is -0.971. The van der Waals surface area contributed by atoms with Crippen LogP contribution in [0.25, 0.3) is 0 Å². The van der Waals surface area contributed by atoms with Crippen LogP contribution in [0, 0.1) is 5.82 Å². The zero-order valence-corrected chi connectivity index (χ0v) is 21.2. The lowest BCUT2D eigenvalue weighted by Crippen LogP contribution is -2.52. The van der Waals surface area contributed by atoms with E-state index in [0.717, 1.165) is 0 Å². The fraction of sp³-hybridized carbons (Fsp3) is 0.440. The lowest BCUT2D eigenvalue weighted by atomic mass is 10.1. The minimum absolute atomic E-state index is 0.0585. The average molecular weight is 492 g/mol. The smallest absolute Gasteiger partial charge is 0.242 e. The van der Waals surface area contributed by atoms with E-state index in [2.05, 4.69) is 5.32 Å². The maximum Gasteiger partial charge on any atom is 0.242 e. The average Bonchev–Trinajstić information content (AvgIpc) is 2.77. The van der Waals surface area contributed by atoms with E-state index in [1.165, 1.54) is 40.5 Å². The Morgan fingerprint density at radius 2 is 1.62 bits per heavy atom. The molecule has 0 saturated carbocycles.